The Balaban J connectivity index is 2.05. The van der Waals surface area contributed by atoms with Crippen molar-refractivity contribution in [1.29, 1.82) is 0 Å². The van der Waals surface area contributed by atoms with Crippen LogP contribution in [-0.4, -0.2) is 4.92 Å². The van der Waals surface area contributed by atoms with Gasteiger partial charge in [-0.05, 0) is 36.6 Å². The van der Waals surface area contributed by atoms with Gasteiger partial charge < -0.3 is 5.32 Å². The average molecular weight is 288 g/mol. The van der Waals surface area contributed by atoms with Crippen molar-refractivity contribution in [3.63, 3.8) is 0 Å². The number of nitrogens with one attached hydrogen (secondary N) is 1. The van der Waals surface area contributed by atoms with Gasteiger partial charge in [-0.25, -0.2) is 0 Å². The first-order chi connectivity index (χ1) is 9.99. The number of rotatable bonds is 5. The summed E-state index contributed by atoms with van der Waals surface area (Å²) >= 11 is 0. The van der Waals surface area contributed by atoms with E-state index in [2.05, 4.69) is 5.32 Å². The Bertz CT molecular complexity index is 658. The zero-order valence-electron chi connectivity index (χ0n) is 12.0. The van der Waals surface area contributed by atoms with Crippen molar-refractivity contribution in [1.82, 2.24) is 5.32 Å². The Morgan fingerprint density at radius 3 is 2.62 bits per heavy atom. The Kier molecular flexibility index (Phi) is 4.65. The van der Waals surface area contributed by atoms with Gasteiger partial charge in [0.25, 0.3) is 0 Å². The van der Waals surface area contributed by atoms with Gasteiger partial charge in [-0.15, -0.1) is 0 Å². The molecule has 0 saturated carbocycles. The largest absolute Gasteiger partial charge is 0.306 e. The van der Waals surface area contributed by atoms with Crippen molar-refractivity contribution in [2.24, 2.45) is 0 Å². The second kappa shape index (κ2) is 6.45. The van der Waals surface area contributed by atoms with Crippen molar-refractivity contribution in [2.75, 3.05) is 0 Å². The number of nitro groups is 1. The van der Waals surface area contributed by atoms with Gasteiger partial charge in [0.15, 0.2) is 0 Å². The molecule has 110 valence electrons. The van der Waals surface area contributed by atoms with E-state index in [1.54, 1.807) is 6.07 Å². The molecule has 2 aromatic carbocycles. The zero-order chi connectivity index (χ0) is 15.4. The molecule has 0 aliphatic heterocycles. The third-order valence-electron chi connectivity index (χ3n) is 3.48. The zero-order valence-corrected chi connectivity index (χ0v) is 12.0. The number of nitrogens with zero attached hydrogens (tertiary/aromatic N) is 1. The highest BCUT2D eigenvalue weighted by molar-refractivity contribution is 5.35. The van der Waals surface area contributed by atoms with Gasteiger partial charge in [0.1, 0.15) is 0 Å². The van der Waals surface area contributed by atoms with Gasteiger partial charge in [-0.2, -0.15) is 4.39 Å². The lowest BCUT2D eigenvalue weighted by molar-refractivity contribution is -0.387. The standard InChI is InChI=1S/C16H17FN2O2/c1-11-5-3-4-6-14(11)12(2)18-10-13-7-8-16(19(20)21)15(17)9-13/h3-9,12,18H,10H2,1-2H3/t12-/m1/s1. The van der Waals surface area contributed by atoms with Crippen molar-refractivity contribution in [2.45, 2.75) is 26.4 Å². The minimum atomic E-state index is -0.803. The number of halogens is 1. The quantitative estimate of drug-likeness (QED) is 0.670. The van der Waals surface area contributed by atoms with Crippen molar-refractivity contribution < 1.29 is 9.31 Å². The summed E-state index contributed by atoms with van der Waals surface area (Å²) < 4.78 is 13.5. The highest BCUT2D eigenvalue weighted by Gasteiger charge is 2.14. The summed E-state index contributed by atoms with van der Waals surface area (Å²) in [5.74, 6) is -0.803. The molecule has 0 amide bonds. The number of aryl methyl sites for hydroxylation is 1. The molecule has 0 radical (unpaired) electrons. The van der Waals surface area contributed by atoms with Crippen LogP contribution in [-0.2, 0) is 6.54 Å². The van der Waals surface area contributed by atoms with E-state index in [1.165, 1.54) is 23.3 Å². The molecule has 4 nitrogen and oxygen atoms in total. The maximum Gasteiger partial charge on any atom is 0.304 e. The third kappa shape index (κ3) is 3.64. The molecular weight excluding hydrogens is 271 g/mol. The predicted molar refractivity (Wildman–Crippen MR) is 79.5 cm³/mol. The Labute approximate surface area is 122 Å². The van der Waals surface area contributed by atoms with E-state index >= 15 is 0 Å². The number of hydrogen-bond acceptors (Lipinski definition) is 3. The molecule has 2 rings (SSSR count). The van der Waals surface area contributed by atoms with Crippen LogP contribution in [0.3, 0.4) is 0 Å². The van der Waals surface area contributed by atoms with E-state index in [-0.39, 0.29) is 6.04 Å². The van der Waals surface area contributed by atoms with Gasteiger partial charge >= 0.3 is 5.69 Å². The SMILES string of the molecule is Cc1ccccc1[C@@H](C)NCc1ccc([N+](=O)[O-])c(F)c1. The lowest BCUT2D eigenvalue weighted by atomic mass is 10.0. The topological polar surface area (TPSA) is 55.2 Å². The average Bonchev–Trinajstić information content (AvgIpc) is 2.45. The maximum atomic E-state index is 13.5. The molecular formula is C16H17FN2O2. The van der Waals surface area contributed by atoms with E-state index in [0.29, 0.717) is 12.1 Å². The highest BCUT2D eigenvalue weighted by Crippen LogP contribution is 2.20. The normalized spacial score (nSPS) is 12.1. The molecule has 0 saturated heterocycles. The highest BCUT2D eigenvalue weighted by atomic mass is 19.1. The lowest BCUT2D eigenvalue weighted by Gasteiger charge is -2.16. The summed E-state index contributed by atoms with van der Waals surface area (Å²) in [5, 5.41) is 13.9. The van der Waals surface area contributed by atoms with E-state index in [1.807, 2.05) is 38.1 Å². The van der Waals surface area contributed by atoms with Gasteiger partial charge in [0.2, 0.25) is 5.82 Å². The molecule has 0 unspecified atom stereocenters. The molecule has 0 heterocycles. The minimum absolute atomic E-state index is 0.115. The summed E-state index contributed by atoms with van der Waals surface area (Å²) in [4.78, 5) is 9.85. The first-order valence-electron chi connectivity index (χ1n) is 6.70. The molecule has 0 aromatic heterocycles. The van der Waals surface area contributed by atoms with Gasteiger partial charge in [0, 0.05) is 18.7 Å². The molecule has 0 bridgehead atoms. The number of benzene rings is 2. The molecule has 5 heteroatoms. The van der Waals surface area contributed by atoms with Crippen LogP contribution in [0.4, 0.5) is 10.1 Å². The fourth-order valence-corrected chi connectivity index (χ4v) is 2.26. The van der Waals surface area contributed by atoms with Crippen LogP contribution < -0.4 is 5.32 Å². The number of nitro benzene ring substituents is 1. The Morgan fingerprint density at radius 1 is 1.29 bits per heavy atom. The minimum Gasteiger partial charge on any atom is -0.306 e. The molecule has 1 atom stereocenters. The van der Waals surface area contributed by atoms with E-state index in [0.717, 1.165) is 0 Å². The predicted octanol–water partition coefficient (Wildman–Crippen LogP) is 3.89. The molecule has 0 fully saturated rings. The van der Waals surface area contributed by atoms with Crippen molar-refractivity contribution in [3.05, 3.63) is 75.1 Å². The van der Waals surface area contributed by atoms with Crippen LogP contribution in [0, 0.1) is 22.9 Å². The molecule has 0 aliphatic rings. The Morgan fingerprint density at radius 2 is 2.00 bits per heavy atom. The first-order valence-corrected chi connectivity index (χ1v) is 6.70. The number of hydrogen-bond donors (Lipinski definition) is 1. The Hall–Kier alpha value is -2.27. The van der Waals surface area contributed by atoms with Crippen LogP contribution in [0.15, 0.2) is 42.5 Å². The second-order valence-electron chi connectivity index (χ2n) is 5.00. The maximum absolute atomic E-state index is 13.5. The van der Waals surface area contributed by atoms with Crippen LogP contribution in [0.25, 0.3) is 0 Å². The van der Waals surface area contributed by atoms with Crippen LogP contribution >= 0.6 is 0 Å². The smallest absolute Gasteiger partial charge is 0.304 e. The van der Waals surface area contributed by atoms with Crippen LogP contribution in [0.5, 0.6) is 0 Å². The third-order valence-corrected chi connectivity index (χ3v) is 3.48. The molecule has 21 heavy (non-hydrogen) atoms. The van der Waals surface area contributed by atoms with Gasteiger partial charge in [-0.3, -0.25) is 10.1 Å². The van der Waals surface area contributed by atoms with Gasteiger partial charge in [0.05, 0.1) is 4.92 Å². The molecule has 1 N–H and O–H groups in total. The summed E-state index contributed by atoms with van der Waals surface area (Å²) in [5.41, 5.74) is 2.55. The molecule has 2 aromatic rings. The fourth-order valence-electron chi connectivity index (χ4n) is 2.26. The van der Waals surface area contributed by atoms with E-state index < -0.39 is 16.4 Å². The summed E-state index contributed by atoms with van der Waals surface area (Å²) in [6.07, 6.45) is 0. The lowest BCUT2D eigenvalue weighted by Crippen LogP contribution is -2.19. The van der Waals surface area contributed by atoms with Crippen LogP contribution in [0.1, 0.15) is 29.7 Å². The summed E-state index contributed by atoms with van der Waals surface area (Å²) in [6, 6.07) is 12.1. The molecule has 0 spiro atoms. The van der Waals surface area contributed by atoms with E-state index in [9.17, 15) is 14.5 Å². The molecule has 0 aliphatic carbocycles. The second-order valence-corrected chi connectivity index (χ2v) is 5.00. The van der Waals surface area contributed by atoms with Crippen molar-refractivity contribution in [3.8, 4) is 0 Å². The first kappa shape index (κ1) is 15.1. The fraction of sp³-hybridized carbons (Fsp3) is 0.250. The van der Waals surface area contributed by atoms with Crippen LogP contribution in [0.2, 0.25) is 0 Å². The van der Waals surface area contributed by atoms with Crippen molar-refractivity contribution >= 4 is 5.69 Å². The summed E-state index contributed by atoms with van der Waals surface area (Å²) in [6.45, 7) is 4.52. The van der Waals surface area contributed by atoms with E-state index in [4.69, 9.17) is 0 Å². The van der Waals surface area contributed by atoms with Gasteiger partial charge in [-0.1, -0.05) is 30.3 Å². The monoisotopic (exact) mass is 288 g/mol. The summed E-state index contributed by atoms with van der Waals surface area (Å²) in [7, 11) is 0.